The maximum atomic E-state index is 13.9. The third-order valence-electron chi connectivity index (χ3n) is 5.00. The summed E-state index contributed by atoms with van der Waals surface area (Å²) in [7, 11) is 0. The van der Waals surface area contributed by atoms with E-state index in [-0.39, 0.29) is 22.8 Å². The van der Waals surface area contributed by atoms with Gasteiger partial charge in [-0.25, -0.2) is 0 Å². The molecule has 0 bridgehead atoms. The number of benzene rings is 1. The van der Waals surface area contributed by atoms with Crippen molar-refractivity contribution in [2.75, 3.05) is 11.4 Å². The number of esters is 1. The van der Waals surface area contributed by atoms with Crippen molar-refractivity contribution in [3.8, 4) is 6.07 Å². The van der Waals surface area contributed by atoms with Crippen LogP contribution in [0, 0.1) is 11.3 Å². The average Bonchev–Trinajstić information content (AvgIpc) is 2.83. The van der Waals surface area contributed by atoms with Crippen LogP contribution in [0.2, 0.25) is 0 Å². The Kier molecular flexibility index (Phi) is 5.48. The van der Waals surface area contributed by atoms with Crippen LogP contribution in [0.15, 0.2) is 45.5 Å². The number of carbonyl (C=O) groups excluding carboxylic acids is 3. The van der Waals surface area contributed by atoms with E-state index in [1.165, 1.54) is 18.7 Å². The van der Waals surface area contributed by atoms with E-state index in [2.05, 4.69) is 15.9 Å². The van der Waals surface area contributed by atoms with Crippen molar-refractivity contribution < 1.29 is 23.9 Å². The second-order valence-electron chi connectivity index (χ2n) is 8.33. The number of halogens is 1. The van der Waals surface area contributed by atoms with Gasteiger partial charge < -0.3 is 15.2 Å². The maximum absolute atomic E-state index is 13.9. The first-order valence-electron chi connectivity index (χ1n) is 9.49. The Hall–Kier alpha value is -3.12. The van der Waals surface area contributed by atoms with Crippen molar-refractivity contribution in [3.63, 3.8) is 0 Å². The Morgan fingerprint density at radius 3 is 2.55 bits per heavy atom. The lowest BCUT2D eigenvalue weighted by molar-refractivity contribution is -0.153. The number of hydrogen-bond acceptors (Lipinski definition) is 7. The van der Waals surface area contributed by atoms with Crippen LogP contribution in [0.25, 0.3) is 0 Å². The number of ether oxygens (including phenoxy) is 2. The summed E-state index contributed by atoms with van der Waals surface area (Å²) in [4.78, 5) is 40.5. The fourth-order valence-electron chi connectivity index (χ4n) is 4.11. The van der Waals surface area contributed by atoms with Gasteiger partial charge in [0.15, 0.2) is 5.78 Å². The predicted molar refractivity (Wildman–Crippen MR) is 115 cm³/mol. The molecular weight excluding hydrogens is 466 g/mol. The van der Waals surface area contributed by atoms with Gasteiger partial charge in [-0.05, 0) is 52.8 Å². The fraction of sp³-hybridized carbons (Fsp3) is 0.364. The number of amides is 1. The first-order chi connectivity index (χ1) is 14.3. The molecule has 2 aliphatic heterocycles. The molecule has 2 aliphatic rings. The van der Waals surface area contributed by atoms with Crippen LogP contribution < -0.4 is 10.6 Å². The van der Waals surface area contributed by atoms with Crippen LogP contribution in [0.1, 0.15) is 40.2 Å². The van der Waals surface area contributed by atoms with E-state index in [1.807, 2.05) is 6.07 Å². The third kappa shape index (κ3) is 3.51. The molecule has 1 unspecified atom stereocenters. The fourth-order valence-corrected chi connectivity index (χ4v) is 4.47. The molecule has 1 aromatic carbocycles. The molecule has 8 nitrogen and oxygen atoms in total. The number of rotatable bonds is 3. The number of nitriles is 1. The number of ketones is 1. The minimum Gasteiger partial charge on any atom is -0.459 e. The van der Waals surface area contributed by atoms with Gasteiger partial charge >= 0.3 is 5.97 Å². The first kappa shape index (κ1) is 22.6. The van der Waals surface area contributed by atoms with E-state index < -0.39 is 35.2 Å². The number of Topliss-reactive ketones (excluding diaryl/α,β-unsaturated/α-hetero) is 1. The van der Waals surface area contributed by atoms with E-state index in [0.717, 1.165) is 0 Å². The second kappa shape index (κ2) is 7.54. The SMILES string of the molecule is CC(=O)C1=C(C)OC(N)=C(C#N)C12C(=O)N(CC(=O)OC(C)(C)C)c1ccc(Br)cc12. The zero-order valence-electron chi connectivity index (χ0n) is 17.8. The summed E-state index contributed by atoms with van der Waals surface area (Å²) in [6, 6.07) is 6.95. The summed E-state index contributed by atoms with van der Waals surface area (Å²) in [5, 5.41) is 9.93. The van der Waals surface area contributed by atoms with Gasteiger partial charge in [-0.2, -0.15) is 5.26 Å². The number of nitrogens with two attached hydrogens (primary N) is 1. The molecule has 0 fully saturated rings. The smallest absolute Gasteiger partial charge is 0.326 e. The molecule has 9 heteroatoms. The highest BCUT2D eigenvalue weighted by Crippen LogP contribution is 2.54. The van der Waals surface area contributed by atoms with Gasteiger partial charge in [0, 0.05) is 15.7 Å². The van der Waals surface area contributed by atoms with Gasteiger partial charge in [0.1, 0.15) is 35.0 Å². The molecule has 2 heterocycles. The Bertz CT molecular complexity index is 1120. The minimum atomic E-state index is -1.81. The maximum Gasteiger partial charge on any atom is 0.326 e. The van der Waals surface area contributed by atoms with Gasteiger partial charge in [-0.1, -0.05) is 15.9 Å². The second-order valence-corrected chi connectivity index (χ2v) is 9.25. The summed E-state index contributed by atoms with van der Waals surface area (Å²) in [5.74, 6) is -1.85. The normalized spacial score (nSPS) is 20.5. The van der Waals surface area contributed by atoms with Crippen molar-refractivity contribution >= 4 is 39.3 Å². The molecule has 2 N–H and O–H groups in total. The van der Waals surface area contributed by atoms with Gasteiger partial charge in [-0.3, -0.25) is 19.3 Å². The number of hydrogen-bond donors (Lipinski definition) is 1. The zero-order valence-corrected chi connectivity index (χ0v) is 19.4. The number of anilines is 1. The minimum absolute atomic E-state index is 0.00860. The molecule has 0 aromatic heterocycles. The lowest BCUT2D eigenvalue weighted by Crippen LogP contribution is -2.49. The molecule has 0 saturated heterocycles. The Morgan fingerprint density at radius 2 is 2.00 bits per heavy atom. The molecule has 0 aliphatic carbocycles. The lowest BCUT2D eigenvalue weighted by atomic mass is 9.67. The van der Waals surface area contributed by atoms with Crippen molar-refractivity contribution in [1.29, 1.82) is 5.26 Å². The average molecular weight is 488 g/mol. The van der Waals surface area contributed by atoms with E-state index in [0.29, 0.717) is 15.7 Å². The van der Waals surface area contributed by atoms with Crippen molar-refractivity contribution in [2.45, 2.75) is 45.6 Å². The molecule has 31 heavy (non-hydrogen) atoms. The molecule has 0 radical (unpaired) electrons. The number of allylic oxidation sites excluding steroid dienone is 1. The summed E-state index contributed by atoms with van der Waals surface area (Å²) in [6.45, 7) is 7.58. The third-order valence-corrected chi connectivity index (χ3v) is 5.50. The van der Waals surface area contributed by atoms with Crippen molar-refractivity contribution in [3.05, 3.63) is 51.0 Å². The van der Waals surface area contributed by atoms with E-state index in [1.54, 1.807) is 39.0 Å². The van der Waals surface area contributed by atoms with Crippen LogP contribution in [-0.4, -0.2) is 29.8 Å². The quantitative estimate of drug-likeness (QED) is 0.649. The van der Waals surface area contributed by atoms with Gasteiger partial charge in [0.2, 0.25) is 11.8 Å². The molecule has 1 aromatic rings. The summed E-state index contributed by atoms with van der Waals surface area (Å²) in [6.07, 6.45) is 0. The standard InChI is InChI=1S/C22H22BrN3O5/c1-11(27)18-12(2)30-19(25)15(9-24)22(18)14-8-13(23)6-7-16(14)26(20(22)29)10-17(28)31-21(3,4)5/h6-8H,10,25H2,1-5H3. The largest absolute Gasteiger partial charge is 0.459 e. The van der Waals surface area contributed by atoms with Crippen LogP contribution in [0.5, 0.6) is 0 Å². The molecule has 1 amide bonds. The first-order valence-corrected chi connectivity index (χ1v) is 10.3. The lowest BCUT2D eigenvalue weighted by Gasteiger charge is -2.34. The topological polar surface area (TPSA) is 123 Å². The van der Waals surface area contributed by atoms with Gasteiger partial charge in [0.05, 0.1) is 5.57 Å². The van der Waals surface area contributed by atoms with Gasteiger partial charge in [-0.15, -0.1) is 0 Å². The van der Waals surface area contributed by atoms with Crippen molar-refractivity contribution in [2.24, 2.45) is 5.73 Å². The summed E-state index contributed by atoms with van der Waals surface area (Å²) < 4.78 is 11.5. The van der Waals surface area contributed by atoms with Crippen molar-refractivity contribution in [1.82, 2.24) is 0 Å². The number of carbonyl (C=O) groups is 3. The van der Waals surface area contributed by atoms with Gasteiger partial charge in [0.25, 0.3) is 0 Å². The van der Waals surface area contributed by atoms with Crippen LogP contribution >= 0.6 is 15.9 Å². The summed E-state index contributed by atoms with van der Waals surface area (Å²) in [5.41, 5.74) is 4.00. The van der Waals surface area contributed by atoms with Crippen LogP contribution in [0.3, 0.4) is 0 Å². The Labute approximate surface area is 188 Å². The highest BCUT2D eigenvalue weighted by Gasteiger charge is 2.61. The van der Waals surface area contributed by atoms with Crippen LogP contribution in [0.4, 0.5) is 5.69 Å². The highest BCUT2D eigenvalue weighted by atomic mass is 79.9. The highest BCUT2D eigenvalue weighted by molar-refractivity contribution is 9.10. The molecule has 0 saturated carbocycles. The van der Waals surface area contributed by atoms with Crippen LogP contribution in [-0.2, 0) is 29.3 Å². The molecule has 3 rings (SSSR count). The van der Waals surface area contributed by atoms with E-state index in [4.69, 9.17) is 15.2 Å². The van der Waals surface area contributed by atoms with E-state index in [9.17, 15) is 19.6 Å². The predicted octanol–water partition coefficient (Wildman–Crippen LogP) is 2.96. The molecule has 1 atom stereocenters. The number of fused-ring (bicyclic) bond motifs is 2. The molecular formula is C22H22BrN3O5. The molecule has 1 spiro atoms. The number of nitrogens with zero attached hydrogens (tertiary/aromatic N) is 2. The van der Waals surface area contributed by atoms with E-state index >= 15 is 0 Å². The zero-order chi connectivity index (χ0) is 23.3. The molecule has 162 valence electrons. The Morgan fingerprint density at radius 1 is 1.35 bits per heavy atom. The Balaban J connectivity index is 2.30. The monoisotopic (exact) mass is 487 g/mol. The summed E-state index contributed by atoms with van der Waals surface area (Å²) >= 11 is 3.39.